The third-order valence-electron chi connectivity index (χ3n) is 4.49. The number of cyclic esters (lactones) is 1. The summed E-state index contributed by atoms with van der Waals surface area (Å²) in [5, 5.41) is 11.0. The lowest BCUT2D eigenvalue weighted by Gasteiger charge is -2.09. The van der Waals surface area contributed by atoms with Gasteiger partial charge in [-0.25, -0.2) is 9.48 Å². The summed E-state index contributed by atoms with van der Waals surface area (Å²) in [6.07, 6.45) is 2.27. The van der Waals surface area contributed by atoms with E-state index in [4.69, 9.17) is 9.47 Å². The summed E-state index contributed by atoms with van der Waals surface area (Å²) in [5.41, 5.74) is 2.66. The lowest BCUT2D eigenvalue weighted by molar-refractivity contribution is -0.139. The van der Waals surface area contributed by atoms with Gasteiger partial charge in [0, 0.05) is 17.5 Å². The normalized spacial score (nSPS) is 15.9. The van der Waals surface area contributed by atoms with Crippen molar-refractivity contribution in [2.45, 2.75) is 12.5 Å². The maximum atomic E-state index is 12.4. The van der Waals surface area contributed by atoms with E-state index in [1.54, 1.807) is 36.2 Å². The lowest BCUT2D eigenvalue weighted by Crippen LogP contribution is -2.37. The Balaban J connectivity index is 1.53. The SMILES string of the molecule is COc1ccc(-n2cc(-c3cccc(C(=O)N[C@H]4CCOC4=O)c3)nn2)cc1. The van der Waals surface area contributed by atoms with E-state index in [2.05, 4.69) is 15.6 Å². The average molecular weight is 378 g/mol. The summed E-state index contributed by atoms with van der Waals surface area (Å²) in [6.45, 7) is 0.332. The molecule has 0 aliphatic carbocycles. The van der Waals surface area contributed by atoms with Gasteiger partial charge in [0.05, 0.1) is 25.6 Å². The molecule has 8 heteroatoms. The molecule has 8 nitrogen and oxygen atoms in total. The van der Waals surface area contributed by atoms with Gasteiger partial charge in [-0.05, 0) is 36.4 Å². The molecule has 1 atom stereocenters. The predicted octanol–water partition coefficient (Wildman–Crippen LogP) is 1.99. The number of nitrogens with zero attached hydrogens (tertiary/aromatic N) is 3. The molecule has 1 saturated heterocycles. The molecule has 1 aliphatic heterocycles. The van der Waals surface area contributed by atoms with Gasteiger partial charge >= 0.3 is 5.97 Å². The lowest BCUT2D eigenvalue weighted by atomic mass is 10.1. The number of nitrogens with one attached hydrogen (secondary N) is 1. The maximum absolute atomic E-state index is 12.4. The second-order valence-corrected chi connectivity index (χ2v) is 6.31. The molecule has 28 heavy (non-hydrogen) atoms. The average Bonchev–Trinajstić information content (AvgIpc) is 3.38. The predicted molar refractivity (Wildman–Crippen MR) is 100 cm³/mol. The second-order valence-electron chi connectivity index (χ2n) is 6.31. The summed E-state index contributed by atoms with van der Waals surface area (Å²) in [6, 6.07) is 13.9. The first-order valence-electron chi connectivity index (χ1n) is 8.79. The Morgan fingerprint density at radius 3 is 2.79 bits per heavy atom. The molecule has 3 aromatic rings. The fourth-order valence-electron chi connectivity index (χ4n) is 2.95. The Bertz CT molecular complexity index is 1010. The molecule has 1 fully saturated rings. The molecule has 1 aliphatic rings. The summed E-state index contributed by atoms with van der Waals surface area (Å²) in [5.74, 6) is 0.0362. The molecule has 0 radical (unpaired) electrons. The van der Waals surface area contributed by atoms with Crippen molar-refractivity contribution in [3.05, 3.63) is 60.3 Å². The van der Waals surface area contributed by atoms with Crippen molar-refractivity contribution in [1.82, 2.24) is 20.3 Å². The van der Waals surface area contributed by atoms with Crippen LogP contribution in [0.25, 0.3) is 16.9 Å². The fraction of sp³-hybridized carbons (Fsp3) is 0.200. The van der Waals surface area contributed by atoms with Crippen molar-refractivity contribution in [1.29, 1.82) is 0 Å². The zero-order valence-corrected chi connectivity index (χ0v) is 15.2. The van der Waals surface area contributed by atoms with Crippen LogP contribution in [-0.4, -0.2) is 46.6 Å². The van der Waals surface area contributed by atoms with Crippen molar-refractivity contribution in [3.8, 4) is 22.7 Å². The van der Waals surface area contributed by atoms with E-state index in [9.17, 15) is 9.59 Å². The Morgan fingerprint density at radius 1 is 1.25 bits per heavy atom. The number of carbonyl (C=O) groups is 2. The monoisotopic (exact) mass is 378 g/mol. The van der Waals surface area contributed by atoms with Crippen LogP contribution in [0.15, 0.2) is 54.7 Å². The molecule has 0 bridgehead atoms. The Morgan fingerprint density at radius 2 is 2.07 bits per heavy atom. The third kappa shape index (κ3) is 3.57. The number of ether oxygens (including phenoxy) is 2. The van der Waals surface area contributed by atoms with Crippen molar-refractivity contribution in [2.75, 3.05) is 13.7 Å². The van der Waals surface area contributed by atoms with E-state index in [0.717, 1.165) is 17.0 Å². The van der Waals surface area contributed by atoms with Crippen LogP contribution in [0.5, 0.6) is 5.75 Å². The van der Waals surface area contributed by atoms with E-state index in [-0.39, 0.29) is 5.91 Å². The molecule has 2 heterocycles. The Labute approximate surface area is 161 Å². The zero-order chi connectivity index (χ0) is 19.5. The molecular weight excluding hydrogens is 360 g/mol. The van der Waals surface area contributed by atoms with Crippen LogP contribution in [0.4, 0.5) is 0 Å². The van der Waals surface area contributed by atoms with Crippen LogP contribution in [0.1, 0.15) is 16.8 Å². The number of amides is 1. The van der Waals surface area contributed by atoms with Crippen LogP contribution in [-0.2, 0) is 9.53 Å². The van der Waals surface area contributed by atoms with Crippen molar-refractivity contribution in [3.63, 3.8) is 0 Å². The van der Waals surface area contributed by atoms with Crippen LogP contribution >= 0.6 is 0 Å². The van der Waals surface area contributed by atoms with Crippen LogP contribution < -0.4 is 10.1 Å². The molecule has 1 aromatic heterocycles. The summed E-state index contributed by atoms with van der Waals surface area (Å²) in [7, 11) is 1.61. The first kappa shape index (κ1) is 17.7. The third-order valence-corrected chi connectivity index (χ3v) is 4.49. The quantitative estimate of drug-likeness (QED) is 0.682. The molecule has 4 rings (SSSR count). The smallest absolute Gasteiger partial charge is 0.328 e. The molecule has 0 unspecified atom stereocenters. The van der Waals surface area contributed by atoms with Gasteiger partial charge in [0.15, 0.2) is 0 Å². The number of hydrogen-bond acceptors (Lipinski definition) is 6. The Kier molecular flexibility index (Phi) is 4.76. The molecule has 0 saturated carbocycles. The highest BCUT2D eigenvalue weighted by Gasteiger charge is 2.28. The standard InChI is InChI=1S/C20H18N4O4/c1-27-16-7-5-15(6-8-16)24-12-18(22-23-24)13-3-2-4-14(11-13)19(25)21-17-9-10-28-20(17)26/h2-8,11-12,17H,9-10H2,1H3,(H,21,25)/t17-/m0/s1. The van der Waals surface area contributed by atoms with Gasteiger partial charge in [0.1, 0.15) is 17.5 Å². The van der Waals surface area contributed by atoms with Crippen molar-refractivity contribution < 1.29 is 19.1 Å². The van der Waals surface area contributed by atoms with E-state index < -0.39 is 12.0 Å². The van der Waals surface area contributed by atoms with E-state index in [0.29, 0.717) is 24.3 Å². The van der Waals surface area contributed by atoms with Crippen LogP contribution in [0.3, 0.4) is 0 Å². The minimum Gasteiger partial charge on any atom is -0.497 e. The molecule has 0 spiro atoms. The van der Waals surface area contributed by atoms with Gasteiger partial charge < -0.3 is 14.8 Å². The zero-order valence-electron chi connectivity index (χ0n) is 15.2. The first-order valence-corrected chi connectivity index (χ1v) is 8.79. The van der Waals surface area contributed by atoms with Gasteiger partial charge in [0.25, 0.3) is 5.91 Å². The fourth-order valence-corrected chi connectivity index (χ4v) is 2.95. The minimum absolute atomic E-state index is 0.326. The van der Waals surface area contributed by atoms with Crippen molar-refractivity contribution >= 4 is 11.9 Å². The number of aromatic nitrogens is 3. The molecule has 142 valence electrons. The number of esters is 1. The number of methoxy groups -OCH3 is 1. The van der Waals surface area contributed by atoms with E-state index >= 15 is 0 Å². The summed E-state index contributed by atoms with van der Waals surface area (Å²) < 4.78 is 11.7. The van der Waals surface area contributed by atoms with Gasteiger partial charge in [-0.1, -0.05) is 17.3 Å². The second kappa shape index (κ2) is 7.51. The molecule has 1 N–H and O–H groups in total. The van der Waals surface area contributed by atoms with Crippen LogP contribution in [0.2, 0.25) is 0 Å². The highest BCUT2D eigenvalue weighted by Crippen LogP contribution is 2.20. The molecule has 2 aromatic carbocycles. The molecular formula is C20H18N4O4. The van der Waals surface area contributed by atoms with Gasteiger partial charge in [-0.3, -0.25) is 4.79 Å². The largest absolute Gasteiger partial charge is 0.497 e. The summed E-state index contributed by atoms with van der Waals surface area (Å²) >= 11 is 0. The van der Waals surface area contributed by atoms with Gasteiger partial charge in [-0.2, -0.15) is 0 Å². The number of rotatable bonds is 5. The first-order chi connectivity index (χ1) is 13.6. The highest BCUT2D eigenvalue weighted by atomic mass is 16.5. The highest BCUT2D eigenvalue weighted by molar-refractivity contribution is 5.97. The topological polar surface area (TPSA) is 95.3 Å². The van der Waals surface area contributed by atoms with E-state index in [1.807, 2.05) is 30.3 Å². The van der Waals surface area contributed by atoms with Crippen molar-refractivity contribution in [2.24, 2.45) is 0 Å². The number of carbonyl (C=O) groups excluding carboxylic acids is 2. The summed E-state index contributed by atoms with van der Waals surface area (Å²) in [4.78, 5) is 24.0. The van der Waals surface area contributed by atoms with Crippen LogP contribution in [0, 0.1) is 0 Å². The molecule has 1 amide bonds. The number of hydrogen-bond donors (Lipinski definition) is 1. The van der Waals surface area contributed by atoms with Gasteiger partial charge in [0.2, 0.25) is 0 Å². The number of benzene rings is 2. The van der Waals surface area contributed by atoms with Gasteiger partial charge in [-0.15, -0.1) is 5.10 Å². The van der Waals surface area contributed by atoms with E-state index in [1.165, 1.54) is 0 Å². The Hall–Kier alpha value is -3.68. The minimum atomic E-state index is -0.591. The maximum Gasteiger partial charge on any atom is 0.328 e.